The Bertz CT molecular complexity index is 992. The normalized spacial score (nSPS) is 11.4. The molecule has 3 aromatic rings. The van der Waals surface area contributed by atoms with E-state index in [4.69, 9.17) is 16.3 Å². The average Bonchev–Trinajstić information content (AvgIpc) is 2.74. The van der Waals surface area contributed by atoms with E-state index >= 15 is 0 Å². The average molecular weight is 409 g/mol. The monoisotopic (exact) mass is 408 g/mol. The lowest BCUT2D eigenvalue weighted by atomic mass is 10.1. The molecule has 2 amide bonds. The second-order valence-corrected chi connectivity index (χ2v) is 6.80. The van der Waals surface area contributed by atoms with E-state index in [9.17, 15) is 9.59 Å². The molecule has 1 unspecified atom stereocenters. The first-order valence-electron chi connectivity index (χ1n) is 9.18. The predicted molar refractivity (Wildman–Crippen MR) is 114 cm³/mol. The summed E-state index contributed by atoms with van der Waals surface area (Å²) < 4.78 is 5.64. The first-order valence-corrected chi connectivity index (χ1v) is 9.55. The van der Waals surface area contributed by atoms with Crippen molar-refractivity contribution >= 4 is 29.1 Å². The fraction of sp³-hybridized carbons (Fsp3) is 0.130. The molecule has 3 rings (SSSR count). The second kappa shape index (κ2) is 9.75. The topological polar surface area (TPSA) is 67.4 Å². The van der Waals surface area contributed by atoms with E-state index in [1.54, 1.807) is 55.5 Å². The van der Waals surface area contributed by atoms with Crippen molar-refractivity contribution in [3.8, 4) is 5.75 Å². The summed E-state index contributed by atoms with van der Waals surface area (Å²) in [6, 6.07) is 23.4. The number of halogens is 1. The number of amides is 2. The lowest BCUT2D eigenvalue weighted by Crippen LogP contribution is -2.31. The van der Waals surface area contributed by atoms with Crippen molar-refractivity contribution in [3.63, 3.8) is 0 Å². The van der Waals surface area contributed by atoms with Crippen molar-refractivity contribution in [1.82, 2.24) is 5.32 Å². The van der Waals surface area contributed by atoms with E-state index in [-0.39, 0.29) is 11.8 Å². The van der Waals surface area contributed by atoms with Gasteiger partial charge in [-0.05, 0) is 36.8 Å². The summed E-state index contributed by atoms with van der Waals surface area (Å²) in [7, 11) is 0. The van der Waals surface area contributed by atoms with Crippen molar-refractivity contribution in [2.75, 3.05) is 5.32 Å². The Hall–Kier alpha value is -3.31. The van der Waals surface area contributed by atoms with Crippen LogP contribution in [0.5, 0.6) is 5.75 Å². The standard InChI is InChI=1S/C23H21ClN2O3/c1-16(29-21-14-8-6-12-19(21)24)22(27)26-20-13-7-5-11-18(20)23(28)25-15-17-9-3-2-4-10-17/h2-14,16H,15H2,1H3,(H,25,28)(H,26,27). The van der Waals surface area contributed by atoms with Gasteiger partial charge in [-0.1, -0.05) is 66.2 Å². The van der Waals surface area contributed by atoms with Crippen LogP contribution in [0.4, 0.5) is 5.69 Å². The zero-order chi connectivity index (χ0) is 20.6. The van der Waals surface area contributed by atoms with Crippen LogP contribution in [0, 0.1) is 0 Å². The highest BCUT2D eigenvalue weighted by Crippen LogP contribution is 2.24. The van der Waals surface area contributed by atoms with Crippen LogP contribution >= 0.6 is 11.6 Å². The molecule has 1 atom stereocenters. The molecule has 3 aromatic carbocycles. The molecule has 0 radical (unpaired) electrons. The number of hydrogen-bond acceptors (Lipinski definition) is 3. The van der Waals surface area contributed by atoms with Crippen molar-refractivity contribution < 1.29 is 14.3 Å². The molecule has 0 aromatic heterocycles. The maximum atomic E-state index is 12.6. The fourth-order valence-corrected chi connectivity index (χ4v) is 2.86. The quantitative estimate of drug-likeness (QED) is 0.596. The Morgan fingerprint density at radius 3 is 2.34 bits per heavy atom. The number of ether oxygens (including phenoxy) is 1. The number of hydrogen-bond donors (Lipinski definition) is 2. The minimum absolute atomic E-state index is 0.274. The Kier molecular flexibility index (Phi) is 6.87. The number of para-hydroxylation sites is 2. The van der Waals surface area contributed by atoms with E-state index in [1.165, 1.54) is 0 Å². The van der Waals surface area contributed by atoms with Gasteiger partial charge in [-0.25, -0.2) is 0 Å². The van der Waals surface area contributed by atoms with E-state index in [0.717, 1.165) is 5.56 Å². The first-order chi connectivity index (χ1) is 14.0. The second-order valence-electron chi connectivity index (χ2n) is 6.39. The van der Waals surface area contributed by atoms with Gasteiger partial charge in [0.15, 0.2) is 6.10 Å². The smallest absolute Gasteiger partial charge is 0.265 e. The van der Waals surface area contributed by atoms with Crippen LogP contribution in [0.15, 0.2) is 78.9 Å². The van der Waals surface area contributed by atoms with Crippen LogP contribution in [0.1, 0.15) is 22.8 Å². The summed E-state index contributed by atoms with van der Waals surface area (Å²) in [5.41, 5.74) is 1.78. The van der Waals surface area contributed by atoms with Gasteiger partial charge in [-0.15, -0.1) is 0 Å². The largest absolute Gasteiger partial charge is 0.479 e. The molecule has 5 nitrogen and oxygen atoms in total. The molecule has 2 N–H and O–H groups in total. The SMILES string of the molecule is CC(Oc1ccccc1Cl)C(=O)Nc1ccccc1C(=O)NCc1ccccc1. The fourth-order valence-electron chi connectivity index (χ4n) is 2.68. The lowest BCUT2D eigenvalue weighted by Gasteiger charge is -2.17. The molecule has 0 spiro atoms. The summed E-state index contributed by atoms with van der Waals surface area (Å²) in [5, 5.41) is 6.05. The van der Waals surface area contributed by atoms with Crippen molar-refractivity contribution in [3.05, 3.63) is 95.0 Å². The molecule has 0 bridgehead atoms. The van der Waals surface area contributed by atoms with Gasteiger partial charge in [0.2, 0.25) is 0 Å². The van der Waals surface area contributed by atoms with Gasteiger partial charge < -0.3 is 15.4 Å². The summed E-state index contributed by atoms with van der Waals surface area (Å²) in [6.07, 6.45) is -0.796. The van der Waals surface area contributed by atoms with Crippen molar-refractivity contribution in [2.24, 2.45) is 0 Å². The van der Waals surface area contributed by atoms with Gasteiger partial charge in [0.05, 0.1) is 16.3 Å². The first kappa shape index (κ1) is 20.4. The van der Waals surface area contributed by atoms with Gasteiger partial charge in [0, 0.05) is 6.54 Å². The number of nitrogens with one attached hydrogen (secondary N) is 2. The molecule has 29 heavy (non-hydrogen) atoms. The van der Waals surface area contributed by atoms with Crippen LogP contribution in [-0.2, 0) is 11.3 Å². The van der Waals surface area contributed by atoms with E-state index in [1.807, 2.05) is 30.3 Å². The minimum Gasteiger partial charge on any atom is -0.479 e. The van der Waals surface area contributed by atoms with E-state index < -0.39 is 6.10 Å². The van der Waals surface area contributed by atoms with E-state index in [2.05, 4.69) is 10.6 Å². The summed E-state index contributed by atoms with van der Waals surface area (Å²) in [6.45, 7) is 2.02. The summed E-state index contributed by atoms with van der Waals surface area (Å²) >= 11 is 6.08. The highest BCUT2D eigenvalue weighted by molar-refractivity contribution is 6.32. The maximum absolute atomic E-state index is 12.6. The molecule has 0 heterocycles. The Morgan fingerprint density at radius 2 is 1.59 bits per heavy atom. The van der Waals surface area contributed by atoms with Gasteiger partial charge in [-0.3, -0.25) is 9.59 Å². The highest BCUT2D eigenvalue weighted by Gasteiger charge is 2.19. The van der Waals surface area contributed by atoms with Gasteiger partial charge in [0.1, 0.15) is 5.75 Å². The molecule has 148 valence electrons. The molecule has 0 saturated heterocycles. The Balaban J connectivity index is 1.65. The molecule has 0 aliphatic carbocycles. The third-order valence-corrected chi connectivity index (χ3v) is 4.55. The highest BCUT2D eigenvalue weighted by atomic mass is 35.5. The Morgan fingerprint density at radius 1 is 0.931 bits per heavy atom. The Labute approximate surface area is 174 Å². The summed E-state index contributed by atoms with van der Waals surface area (Å²) in [5.74, 6) is -0.233. The number of benzene rings is 3. The molecular formula is C23H21ClN2O3. The molecule has 0 aliphatic rings. The number of carbonyl (C=O) groups is 2. The van der Waals surface area contributed by atoms with Gasteiger partial charge in [-0.2, -0.15) is 0 Å². The minimum atomic E-state index is -0.796. The molecule has 0 saturated carbocycles. The number of anilines is 1. The predicted octanol–water partition coefficient (Wildman–Crippen LogP) is 4.68. The van der Waals surface area contributed by atoms with Gasteiger partial charge in [0.25, 0.3) is 11.8 Å². The number of rotatable bonds is 7. The zero-order valence-electron chi connectivity index (χ0n) is 15.9. The van der Waals surface area contributed by atoms with Crippen molar-refractivity contribution in [2.45, 2.75) is 19.6 Å². The van der Waals surface area contributed by atoms with Crippen LogP contribution in [0.2, 0.25) is 5.02 Å². The van der Waals surface area contributed by atoms with Crippen LogP contribution in [0.25, 0.3) is 0 Å². The van der Waals surface area contributed by atoms with E-state index in [0.29, 0.717) is 28.6 Å². The third-order valence-electron chi connectivity index (χ3n) is 4.24. The van der Waals surface area contributed by atoms with Crippen LogP contribution in [-0.4, -0.2) is 17.9 Å². The summed E-state index contributed by atoms with van der Waals surface area (Å²) in [4.78, 5) is 25.2. The third kappa shape index (κ3) is 5.59. The van der Waals surface area contributed by atoms with Crippen LogP contribution in [0.3, 0.4) is 0 Å². The zero-order valence-corrected chi connectivity index (χ0v) is 16.6. The van der Waals surface area contributed by atoms with Gasteiger partial charge >= 0.3 is 0 Å². The molecule has 0 fully saturated rings. The maximum Gasteiger partial charge on any atom is 0.265 e. The molecular weight excluding hydrogens is 388 g/mol. The molecule has 0 aliphatic heterocycles. The van der Waals surface area contributed by atoms with Crippen molar-refractivity contribution in [1.29, 1.82) is 0 Å². The van der Waals surface area contributed by atoms with Crippen LogP contribution < -0.4 is 15.4 Å². The number of carbonyl (C=O) groups excluding carboxylic acids is 2. The molecule has 6 heteroatoms. The lowest BCUT2D eigenvalue weighted by molar-refractivity contribution is -0.122.